The van der Waals surface area contributed by atoms with Crippen molar-refractivity contribution in [1.82, 2.24) is 19.6 Å². The third kappa shape index (κ3) is 2.86. The second-order valence-corrected chi connectivity index (χ2v) is 6.98. The van der Waals surface area contributed by atoms with Crippen LogP contribution in [0.1, 0.15) is 46.6 Å². The number of carbonyl (C=O) groups excluding carboxylic acids is 1. The average Bonchev–Trinajstić information content (AvgIpc) is 3.21. The van der Waals surface area contributed by atoms with E-state index in [4.69, 9.17) is 4.42 Å². The van der Waals surface area contributed by atoms with Crippen LogP contribution in [0.2, 0.25) is 0 Å². The molecule has 0 spiro atoms. The number of hydrogen-bond donors (Lipinski definition) is 0. The molecule has 2 fully saturated rings. The summed E-state index contributed by atoms with van der Waals surface area (Å²) >= 11 is 0. The largest absolute Gasteiger partial charge is 0.455 e. The Kier molecular flexibility index (Phi) is 3.92. The number of aryl methyl sites for hydroxylation is 2. The molecule has 128 valence electrons. The van der Waals surface area contributed by atoms with E-state index in [1.54, 1.807) is 0 Å². The van der Waals surface area contributed by atoms with Crippen molar-refractivity contribution in [3.05, 3.63) is 41.1 Å². The molecule has 0 N–H and O–H groups in total. The van der Waals surface area contributed by atoms with E-state index in [9.17, 15) is 4.79 Å². The van der Waals surface area contributed by atoms with Crippen molar-refractivity contribution in [2.45, 2.75) is 39.3 Å². The van der Waals surface area contributed by atoms with Crippen molar-refractivity contribution in [3.63, 3.8) is 0 Å². The van der Waals surface area contributed by atoms with Gasteiger partial charge in [-0.2, -0.15) is 5.10 Å². The fraction of sp³-hybridized carbons (Fsp3) is 0.556. The Labute approximate surface area is 142 Å². The standard InChI is InChI=1S/C18H24N4O2/c1-13-9-14(2)22(19-13)15-10-21(11-15)18(23)17-6-5-16(24-17)12-20-7-3-4-8-20/h5-6,9,15H,3-4,7-8,10-12H2,1-2H3. The number of likely N-dealkylation sites (tertiary alicyclic amines) is 2. The molecule has 2 saturated heterocycles. The van der Waals surface area contributed by atoms with Crippen molar-refractivity contribution in [1.29, 1.82) is 0 Å². The SMILES string of the molecule is Cc1cc(C)n(C2CN(C(=O)c3ccc(CN4CCCC4)o3)C2)n1. The molecule has 4 rings (SSSR count). The predicted molar refractivity (Wildman–Crippen MR) is 89.9 cm³/mol. The van der Waals surface area contributed by atoms with Crippen LogP contribution in [-0.2, 0) is 6.54 Å². The lowest BCUT2D eigenvalue weighted by Crippen LogP contribution is -2.51. The lowest BCUT2D eigenvalue weighted by atomic mass is 10.1. The molecular formula is C18H24N4O2. The molecule has 0 radical (unpaired) electrons. The van der Waals surface area contributed by atoms with E-state index in [-0.39, 0.29) is 11.9 Å². The Balaban J connectivity index is 1.35. The number of aromatic nitrogens is 2. The Morgan fingerprint density at radius 1 is 1.25 bits per heavy atom. The van der Waals surface area contributed by atoms with Gasteiger partial charge >= 0.3 is 0 Å². The van der Waals surface area contributed by atoms with Gasteiger partial charge in [-0.1, -0.05) is 0 Å². The fourth-order valence-electron chi connectivity index (χ4n) is 3.69. The molecule has 6 heteroatoms. The quantitative estimate of drug-likeness (QED) is 0.865. The van der Waals surface area contributed by atoms with E-state index in [0.717, 1.165) is 36.8 Å². The summed E-state index contributed by atoms with van der Waals surface area (Å²) in [5.41, 5.74) is 2.17. The van der Waals surface area contributed by atoms with Crippen LogP contribution in [0.3, 0.4) is 0 Å². The minimum atomic E-state index is -0.0135. The molecular weight excluding hydrogens is 304 g/mol. The van der Waals surface area contributed by atoms with Gasteiger partial charge < -0.3 is 9.32 Å². The summed E-state index contributed by atoms with van der Waals surface area (Å²) < 4.78 is 7.81. The molecule has 0 aromatic carbocycles. The molecule has 2 aromatic heterocycles. The number of rotatable bonds is 4. The maximum absolute atomic E-state index is 12.5. The third-order valence-corrected chi connectivity index (χ3v) is 4.99. The van der Waals surface area contributed by atoms with Gasteiger partial charge in [-0.25, -0.2) is 0 Å². The molecule has 4 heterocycles. The number of hydrogen-bond acceptors (Lipinski definition) is 4. The lowest BCUT2D eigenvalue weighted by Gasteiger charge is -2.39. The smallest absolute Gasteiger partial charge is 0.289 e. The fourth-order valence-corrected chi connectivity index (χ4v) is 3.69. The molecule has 0 bridgehead atoms. The topological polar surface area (TPSA) is 54.5 Å². The van der Waals surface area contributed by atoms with Crippen LogP contribution in [0, 0.1) is 13.8 Å². The van der Waals surface area contributed by atoms with E-state index < -0.39 is 0 Å². The van der Waals surface area contributed by atoms with Crippen LogP contribution in [-0.4, -0.2) is 51.7 Å². The molecule has 0 saturated carbocycles. The highest BCUT2D eigenvalue weighted by Gasteiger charge is 2.35. The summed E-state index contributed by atoms with van der Waals surface area (Å²) in [7, 11) is 0. The summed E-state index contributed by atoms with van der Waals surface area (Å²) in [5, 5.41) is 4.51. The molecule has 6 nitrogen and oxygen atoms in total. The van der Waals surface area contributed by atoms with Crippen LogP contribution >= 0.6 is 0 Å². The van der Waals surface area contributed by atoms with E-state index >= 15 is 0 Å². The van der Waals surface area contributed by atoms with Gasteiger partial charge in [-0.3, -0.25) is 14.4 Å². The van der Waals surface area contributed by atoms with Gasteiger partial charge in [0.15, 0.2) is 5.76 Å². The van der Waals surface area contributed by atoms with Gasteiger partial charge in [-0.15, -0.1) is 0 Å². The van der Waals surface area contributed by atoms with Crippen LogP contribution in [0.4, 0.5) is 0 Å². The molecule has 0 unspecified atom stereocenters. The van der Waals surface area contributed by atoms with Gasteiger partial charge in [0, 0.05) is 18.8 Å². The first-order valence-corrected chi connectivity index (χ1v) is 8.73. The number of amides is 1. The normalized spacial score (nSPS) is 19.0. The van der Waals surface area contributed by atoms with Crippen molar-refractivity contribution in [2.24, 2.45) is 0 Å². The first-order valence-electron chi connectivity index (χ1n) is 8.73. The van der Waals surface area contributed by atoms with Crippen molar-refractivity contribution in [3.8, 4) is 0 Å². The highest BCUT2D eigenvalue weighted by atomic mass is 16.4. The Hall–Kier alpha value is -2.08. The molecule has 24 heavy (non-hydrogen) atoms. The second-order valence-electron chi connectivity index (χ2n) is 6.98. The van der Waals surface area contributed by atoms with Gasteiger partial charge in [0.1, 0.15) is 5.76 Å². The molecule has 2 aromatic rings. The third-order valence-electron chi connectivity index (χ3n) is 4.99. The van der Waals surface area contributed by atoms with Crippen LogP contribution in [0.5, 0.6) is 0 Å². The zero-order chi connectivity index (χ0) is 16.7. The monoisotopic (exact) mass is 328 g/mol. The Morgan fingerprint density at radius 2 is 2.00 bits per heavy atom. The van der Waals surface area contributed by atoms with Crippen LogP contribution < -0.4 is 0 Å². The Bertz CT molecular complexity index is 736. The van der Waals surface area contributed by atoms with Crippen molar-refractivity contribution in [2.75, 3.05) is 26.2 Å². The highest BCUT2D eigenvalue weighted by Crippen LogP contribution is 2.25. The van der Waals surface area contributed by atoms with Crippen LogP contribution in [0.25, 0.3) is 0 Å². The summed E-state index contributed by atoms with van der Waals surface area (Å²) in [5.74, 6) is 1.33. The highest BCUT2D eigenvalue weighted by molar-refractivity contribution is 5.92. The maximum Gasteiger partial charge on any atom is 0.289 e. The lowest BCUT2D eigenvalue weighted by molar-refractivity contribution is 0.0463. The predicted octanol–water partition coefficient (Wildman–Crippen LogP) is 2.39. The molecule has 1 amide bonds. The van der Waals surface area contributed by atoms with Gasteiger partial charge in [0.2, 0.25) is 0 Å². The maximum atomic E-state index is 12.5. The molecule has 0 atom stereocenters. The summed E-state index contributed by atoms with van der Waals surface area (Å²) in [6.45, 7) is 8.51. The van der Waals surface area contributed by atoms with Crippen LogP contribution in [0.15, 0.2) is 22.6 Å². The van der Waals surface area contributed by atoms with E-state index in [1.807, 2.05) is 28.6 Å². The minimum absolute atomic E-state index is 0.0135. The first kappa shape index (κ1) is 15.4. The minimum Gasteiger partial charge on any atom is -0.455 e. The molecule has 2 aliphatic heterocycles. The van der Waals surface area contributed by atoms with Crippen molar-refractivity contribution >= 4 is 5.91 Å². The summed E-state index contributed by atoms with van der Waals surface area (Å²) in [6, 6.07) is 6.09. The number of nitrogens with zero attached hydrogens (tertiary/aromatic N) is 4. The van der Waals surface area contributed by atoms with Crippen molar-refractivity contribution < 1.29 is 9.21 Å². The summed E-state index contributed by atoms with van der Waals surface area (Å²) in [6.07, 6.45) is 2.52. The molecule has 0 aliphatic carbocycles. The number of carbonyl (C=O) groups is 1. The zero-order valence-corrected chi connectivity index (χ0v) is 14.4. The Morgan fingerprint density at radius 3 is 2.67 bits per heavy atom. The molecule has 2 aliphatic rings. The average molecular weight is 328 g/mol. The number of furan rings is 1. The van der Waals surface area contributed by atoms with E-state index in [0.29, 0.717) is 18.8 Å². The first-order chi connectivity index (χ1) is 11.6. The second kappa shape index (κ2) is 6.09. The van der Waals surface area contributed by atoms with E-state index in [1.165, 1.54) is 12.8 Å². The zero-order valence-electron chi connectivity index (χ0n) is 14.4. The van der Waals surface area contributed by atoms with Gasteiger partial charge in [-0.05, 0) is 58.0 Å². The van der Waals surface area contributed by atoms with Gasteiger partial charge in [0.25, 0.3) is 5.91 Å². The van der Waals surface area contributed by atoms with Gasteiger partial charge in [0.05, 0.1) is 18.3 Å². The van der Waals surface area contributed by atoms with E-state index in [2.05, 4.69) is 23.0 Å². The summed E-state index contributed by atoms with van der Waals surface area (Å²) in [4.78, 5) is 16.7.